The predicted molar refractivity (Wildman–Crippen MR) is 68.1 cm³/mol. The number of hydrogen-bond donors (Lipinski definition) is 3. The van der Waals surface area contributed by atoms with Crippen molar-refractivity contribution in [3.8, 4) is 0 Å². The Balaban J connectivity index is 3.01. The van der Waals surface area contributed by atoms with Crippen LogP contribution in [0.3, 0.4) is 0 Å². The van der Waals surface area contributed by atoms with Crippen LogP contribution < -0.4 is 11.1 Å². The van der Waals surface area contributed by atoms with Gasteiger partial charge < -0.3 is 16.2 Å². The number of nitrogens with one attached hydrogen (secondary N) is 1. The Labute approximate surface area is 104 Å². The van der Waals surface area contributed by atoms with E-state index in [4.69, 9.17) is 5.73 Å². The Morgan fingerprint density at radius 1 is 1.38 bits per heavy atom. The number of nitrogens with two attached hydrogens (primary N) is 1. The van der Waals surface area contributed by atoms with Crippen LogP contribution in [0.2, 0.25) is 0 Å². The van der Waals surface area contributed by atoms with Crippen molar-refractivity contribution in [1.82, 2.24) is 9.97 Å². The third-order valence-electron chi connectivity index (χ3n) is 2.72. The van der Waals surface area contributed by atoms with E-state index in [-0.39, 0.29) is 5.95 Å². The lowest BCUT2D eigenvalue weighted by Gasteiger charge is -2.38. The van der Waals surface area contributed by atoms with Crippen LogP contribution in [0.1, 0.15) is 27.7 Å². The molecule has 0 spiro atoms. The SMILES string of the molecule is CC(C)(O)C(C)(C)Nc1nc(N)ncc1Br. The Bertz CT molecular complexity index is 387. The summed E-state index contributed by atoms with van der Waals surface area (Å²) in [6.45, 7) is 7.24. The summed E-state index contributed by atoms with van der Waals surface area (Å²) < 4.78 is 0.707. The van der Waals surface area contributed by atoms with Crippen molar-refractivity contribution >= 4 is 27.7 Å². The first-order valence-electron chi connectivity index (χ1n) is 4.92. The maximum atomic E-state index is 10.0. The Hall–Kier alpha value is -0.880. The zero-order chi connectivity index (χ0) is 12.6. The van der Waals surface area contributed by atoms with Gasteiger partial charge in [0.05, 0.1) is 15.6 Å². The van der Waals surface area contributed by atoms with E-state index in [1.807, 2.05) is 13.8 Å². The molecule has 1 heterocycles. The van der Waals surface area contributed by atoms with Gasteiger partial charge in [0.15, 0.2) is 0 Å². The topological polar surface area (TPSA) is 84.1 Å². The first kappa shape index (κ1) is 13.2. The van der Waals surface area contributed by atoms with Crippen molar-refractivity contribution < 1.29 is 5.11 Å². The van der Waals surface area contributed by atoms with Gasteiger partial charge in [-0.15, -0.1) is 0 Å². The largest absolute Gasteiger partial charge is 0.388 e. The molecule has 0 amide bonds. The van der Waals surface area contributed by atoms with Crippen molar-refractivity contribution in [2.24, 2.45) is 0 Å². The van der Waals surface area contributed by atoms with Crippen LogP contribution in [0.4, 0.5) is 11.8 Å². The van der Waals surface area contributed by atoms with Gasteiger partial charge in [-0.05, 0) is 43.6 Å². The summed E-state index contributed by atoms with van der Waals surface area (Å²) >= 11 is 3.33. The van der Waals surface area contributed by atoms with Crippen LogP contribution in [0, 0.1) is 0 Å². The second kappa shape index (κ2) is 4.18. The zero-order valence-corrected chi connectivity index (χ0v) is 11.5. The molecular formula is C10H17BrN4O. The molecule has 0 saturated carbocycles. The maximum Gasteiger partial charge on any atom is 0.221 e. The number of aromatic nitrogens is 2. The third-order valence-corrected chi connectivity index (χ3v) is 3.30. The molecule has 4 N–H and O–H groups in total. The molecule has 0 aromatic carbocycles. The molecule has 0 bridgehead atoms. The summed E-state index contributed by atoms with van der Waals surface area (Å²) in [5, 5.41) is 13.2. The molecular weight excluding hydrogens is 272 g/mol. The van der Waals surface area contributed by atoms with Crippen LogP contribution in [-0.2, 0) is 0 Å². The van der Waals surface area contributed by atoms with E-state index in [1.54, 1.807) is 20.0 Å². The molecule has 1 aromatic rings. The fourth-order valence-electron chi connectivity index (χ4n) is 0.917. The zero-order valence-electron chi connectivity index (χ0n) is 9.87. The first-order valence-corrected chi connectivity index (χ1v) is 5.71. The monoisotopic (exact) mass is 288 g/mol. The fourth-order valence-corrected chi connectivity index (χ4v) is 1.21. The molecule has 0 radical (unpaired) electrons. The minimum Gasteiger partial charge on any atom is -0.388 e. The van der Waals surface area contributed by atoms with E-state index in [9.17, 15) is 5.11 Å². The summed E-state index contributed by atoms with van der Waals surface area (Å²) in [7, 11) is 0. The van der Waals surface area contributed by atoms with Crippen LogP contribution in [-0.4, -0.2) is 26.2 Å². The highest BCUT2D eigenvalue weighted by molar-refractivity contribution is 9.10. The Morgan fingerprint density at radius 3 is 2.44 bits per heavy atom. The van der Waals surface area contributed by atoms with Crippen molar-refractivity contribution in [2.45, 2.75) is 38.8 Å². The predicted octanol–water partition coefficient (Wildman–Crippen LogP) is 1.78. The molecule has 6 heteroatoms. The molecule has 1 aromatic heterocycles. The van der Waals surface area contributed by atoms with Crippen molar-refractivity contribution in [1.29, 1.82) is 0 Å². The van der Waals surface area contributed by atoms with Crippen LogP contribution in [0.25, 0.3) is 0 Å². The number of halogens is 1. The highest BCUT2D eigenvalue weighted by Gasteiger charge is 2.35. The van der Waals surface area contributed by atoms with Crippen molar-refractivity contribution in [3.63, 3.8) is 0 Å². The number of nitrogen functional groups attached to an aromatic ring is 1. The number of hydrogen-bond acceptors (Lipinski definition) is 5. The molecule has 0 aliphatic rings. The van der Waals surface area contributed by atoms with Crippen LogP contribution in [0.15, 0.2) is 10.7 Å². The van der Waals surface area contributed by atoms with Gasteiger partial charge in [-0.25, -0.2) is 4.98 Å². The summed E-state index contributed by atoms with van der Waals surface area (Å²) in [4.78, 5) is 7.92. The average Bonchev–Trinajstić information content (AvgIpc) is 2.09. The van der Waals surface area contributed by atoms with E-state index in [0.717, 1.165) is 0 Å². The Morgan fingerprint density at radius 2 is 1.94 bits per heavy atom. The lowest BCUT2D eigenvalue weighted by atomic mass is 9.86. The molecule has 0 saturated heterocycles. The molecule has 0 aliphatic carbocycles. The minimum atomic E-state index is -0.897. The number of nitrogens with zero attached hydrogens (tertiary/aromatic N) is 2. The molecule has 1 rings (SSSR count). The molecule has 5 nitrogen and oxygen atoms in total. The van der Waals surface area contributed by atoms with Crippen LogP contribution in [0.5, 0.6) is 0 Å². The molecule has 0 unspecified atom stereocenters. The fraction of sp³-hybridized carbons (Fsp3) is 0.600. The van der Waals surface area contributed by atoms with Crippen LogP contribution >= 0.6 is 15.9 Å². The van der Waals surface area contributed by atoms with Gasteiger partial charge in [0.25, 0.3) is 0 Å². The molecule has 0 fully saturated rings. The summed E-state index contributed by atoms with van der Waals surface area (Å²) in [6, 6.07) is 0. The summed E-state index contributed by atoms with van der Waals surface area (Å²) in [6.07, 6.45) is 1.57. The normalized spacial score (nSPS) is 12.6. The number of aliphatic hydroxyl groups is 1. The third kappa shape index (κ3) is 2.82. The second-order valence-electron chi connectivity index (χ2n) is 4.73. The Kier molecular flexibility index (Phi) is 3.44. The van der Waals surface area contributed by atoms with Gasteiger partial charge in [0, 0.05) is 6.20 Å². The number of rotatable bonds is 3. The van der Waals surface area contributed by atoms with Gasteiger partial charge in [-0.3, -0.25) is 0 Å². The average molecular weight is 289 g/mol. The summed E-state index contributed by atoms with van der Waals surface area (Å²) in [5.41, 5.74) is 4.07. The minimum absolute atomic E-state index is 0.192. The van der Waals surface area contributed by atoms with Gasteiger partial charge >= 0.3 is 0 Å². The molecule has 0 aliphatic heterocycles. The van der Waals surface area contributed by atoms with Gasteiger partial charge in [0.2, 0.25) is 5.95 Å². The first-order chi connectivity index (χ1) is 7.13. The van der Waals surface area contributed by atoms with E-state index in [0.29, 0.717) is 10.3 Å². The lowest BCUT2D eigenvalue weighted by molar-refractivity contribution is 0.0238. The van der Waals surface area contributed by atoms with Gasteiger partial charge in [-0.2, -0.15) is 4.98 Å². The van der Waals surface area contributed by atoms with Gasteiger partial charge in [-0.1, -0.05) is 0 Å². The maximum absolute atomic E-state index is 10.0. The standard InChI is InChI=1S/C10H17BrN4O/c1-9(2,10(3,4)16)15-7-6(11)5-13-8(12)14-7/h5,16H,1-4H3,(H3,12,13,14,15). The quantitative estimate of drug-likeness (QED) is 0.790. The van der Waals surface area contributed by atoms with Crippen molar-refractivity contribution in [2.75, 3.05) is 11.1 Å². The molecule has 16 heavy (non-hydrogen) atoms. The molecule has 0 atom stereocenters. The van der Waals surface area contributed by atoms with E-state index >= 15 is 0 Å². The van der Waals surface area contributed by atoms with Crippen molar-refractivity contribution in [3.05, 3.63) is 10.7 Å². The van der Waals surface area contributed by atoms with E-state index < -0.39 is 11.1 Å². The summed E-state index contributed by atoms with van der Waals surface area (Å²) in [5.74, 6) is 0.761. The van der Waals surface area contributed by atoms with E-state index in [1.165, 1.54) is 0 Å². The highest BCUT2D eigenvalue weighted by atomic mass is 79.9. The lowest BCUT2D eigenvalue weighted by Crippen LogP contribution is -2.51. The highest BCUT2D eigenvalue weighted by Crippen LogP contribution is 2.28. The molecule has 90 valence electrons. The smallest absolute Gasteiger partial charge is 0.221 e. The van der Waals surface area contributed by atoms with Gasteiger partial charge in [0.1, 0.15) is 5.82 Å². The number of anilines is 2. The second-order valence-corrected chi connectivity index (χ2v) is 5.59. The van der Waals surface area contributed by atoms with E-state index in [2.05, 4.69) is 31.2 Å².